The van der Waals surface area contributed by atoms with Crippen molar-refractivity contribution in [3.05, 3.63) is 29.6 Å². The number of hydrogen-bond acceptors (Lipinski definition) is 3. The molecule has 0 saturated carbocycles. The highest BCUT2D eigenvalue weighted by molar-refractivity contribution is 5.97. The van der Waals surface area contributed by atoms with Crippen LogP contribution in [0.15, 0.2) is 18.2 Å². The van der Waals surface area contributed by atoms with Gasteiger partial charge in [-0.1, -0.05) is 6.92 Å². The maximum Gasteiger partial charge on any atom is 0.449 e. The fraction of sp³-hybridized carbons (Fsp3) is 0.471. The molecule has 142 valence electrons. The van der Waals surface area contributed by atoms with Crippen LogP contribution in [0.2, 0.25) is 0 Å². The molecule has 0 aliphatic heterocycles. The first-order chi connectivity index (χ1) is 11.9. The predicted molar refractivity (Wildman–Crippen MR) is 88.9 cm³/mol. The number of alkyl halides is 3. The van der Waals surface area contributed by atoms with Crippen molar-refractivity contribution < 1.29 is 27.9 Å². The Labute approximate surface area is 148 Å². The summed E-state index contributed by atoms with van der Waals surface area (Å²) in [5.41, 5.74) is 0.502. The van der Waals surface area contributed by atoms with Gasteiger partial charge in [0, 0.05) is 25.2 Å². The summed E-state index contributed by atoms with van der Waals surface area (Å²) in [5.74, 6) is -3.29. The number of hydrogen-bond donors (Lipinski definition) is 1. The van der Waals surface area contributed by atoms with E-state index in [1.54, 1.807) is 13.8 Å². The lowest BCUT2D eigenvalue weighted by atomic mass is 10.1. The van der Waals surface area contributed by atoms with Gasteiger partial charge in [-0.25, -0.2) is 4.98 Å². The smallest absolute Gasteiger partial charge is 0.449 e. The number of carboxylic acids is 1. The third kappa shape index (κ3) is 3.81. The first-order valence-corrected chi connectivity index (χ1v) is 8.01. The Hall–Kier alpha value is -2.58. The normalized spacial score (nSPS) is 13.2. The minimum Gasteiger partial charge on any atom is -0.481 e. The molecular formula is C17H20F3N3O3. The standard InChI is InChI=1S/C17H20F3N3O3/c1-9(2)23-13-6-5-11(7-12(13)21-16(23)17(18,19)20)14(24)22(4)8-10(3)15(25)26/h5-7,9-10H,8H2,1-4H3,(H,25,26). The minimum absolute atomic E-state index is 0.0135. The Bertz CT molecular complexity index is 843. The van der Waals surface area contributed by atoms with Gasteiger partial charge in [-0.05, 0) is 32.0 Å². The summed E-state index contributed by atoms with van der Waals surface area (Å²) in [6.07, 6.45) is -4.61. The van der Waals surface area contributed by atoms with Crippen LogP contribution in [0, 0.1) is 5.92 Å². The van der Waals surface area contributed by atoms with Gasteiger partial charge in [0.2, 0.25) is 5.82 Å². The van der Waals surface area contributed by atoms with Crippen LogP contribution in [-0.4, -0.2) is 45.0 Å². The van der Waals surface area contributed by atoms with Gasteiger partial charge in [-0.15, -0.1) is 0 Å². The van der Waals surface area contributed by atoms with E-state index >= 15 is 0 Å². The quantitative estimate of drug-likeness (QED) is 0.874. The molecule has 1 amide bonds. The van der Waals surface area contributed by atoms with Crippen molar-refractivity contribution in [1.29, 1.82) is 0 Å². The Morgan fingerprint density at radius 1 is 1.27 bits per heavy atom. The molecule has 9 heteroatoms. The minimum atomic E-state index is -4.61. The molecule has 0 saturated heterocycles. The van der Waals surface area contributed by atoms with Gasteiger partial charge in [0.05, 0.1) is 17.0 Å². The molecule has 1 aromatic carbocycles. The third-order valence-corrected chi connectivity index (χ3v) is 4.02. The Balaban J connectivity index is 2.43. The lowest BCUT2D eigenvalue weighted by Gasteiger charge is -2.19. The Morgan fingerprint density at radius 3 is 2.38 bits per heavy atom. The van der Waals surface area contributed by atoms with E-state index in [2.05, 4.69) is 4.98 Å². The number of carbonyl (C=O) groups excluding carboxylic acids is 1. The number of aromatic nitrogens is 2. The Kier molecular flexibility index (Phi) is 5.29. The highest BCUT2D eigenvalue weighted by Crippen LogP contribution is 2.34. The number of halogens is 3. The summed E-state index contributed by atoms with van der Waals surface area (Å²) in [6.45, 7) is 4.70. The number of benzene rings is 1. The van der Waals surface area contributed by atoms with Gasteiger partial charge in [0.25, 0.3) is 5.91 Å². The molecule has 6 nitrogen and oxygen atoms in total. The number of fused-ring (bicyclic) bond motifs is 1. The van der Waals surface area contributed by atoms with Crippen molar-refractivity contribution in [3.63, 3.8) is 0 Å². The van der Waals surface area contributed by atoms with E-state index in [0.717, 1.165) is 4.57 Å². The van der Waals surface area contributed by atoms with Gasteiger partial charge in [0.1, 0.15) is 0 Å². The molecule has 0 bridgehead atoms. The molecule has 0 spiro atoms. The van der Waals surface area contributed by atoms with Crippen LogP contribution < -0.4 is 0 Å². The molecule has 2 aromatic rings. The van der Waals surface area contributed by atoms with E-state index in [4.69, 9.17) is 5.11 Å². The van der Waals surface area contributed by atoms with Crippen LogP contribution in [-0.2, 0) is 11.0 Å². The zero-order valence-corrected chi connectivity index (χ0v) is 14.8. The van der Waals surface area contributed by atoms with Crippen molar-refractivity contribution in [2.75, 3.05) is 13.6 Å². The van der Waals surface area contributed by atoms with Gasteiger partial charge >= 0.3 is 12.1 Å². The number of imidazole rings is 1. The molecule has 1 heterocycles. The summed E-state index contributed by atoms with van der Waals surface area (Å²) >= 11 is 0. The SMILES string of the molecule is CC(CN(C)C(=O)c1ccc2c(c1)nc(C(F)(F)F)n2C(C)C)C(=O)O. The molecule has 2 rings (SSSR count). The van der Waals surface area contributed by atoms with Crippen LogP contribution in [0.4, 0.5) is 13.2 Å². The van der Waals surface area contributed by atoms with Crippen molar-refractivity contribution in [3.8, 4) is 0 Å². The van der Waals surface area contributed by atoms with E-state index < -0.39 is 35.8 Å². The van der Waals surface area contributed by atoms with Crippen LogP contribution in [0.1, 0.15) is 43.0 Å². The third-order valence-electron chi connectivity index (χ3n) is 4.02. The zero-order valence-electron chi connectivity index (χ0n) is 14.8. The fourth-order valence-corrected chi connectivity index (χ4v) is 2.75. The molecule has 1 N–H and O–H groups in total. The second kappa shape index (κ2) is 6.97. The van der Waals surface area contributed by atoms with E-state index in [9.17, 15) is 22.8 Å². The summed E-state index contributed by atoms with van der Waals surface area (Å²) in [7, 11) is 1.44. The largest absolute Gasteiger partial charge is 0.481 e. The van der Waals surface area contributed by atoms with Gasteiger partial charge in [-0.2, -0.15) is 13.2 Å². The average Bonchev–Trinajstić information content (AvgIpc) is 2.92. The molecule has 0 aliphatic rings. The highest BCUT2D eigenvalue weighted by Gasteiger charge is 2.38. The lowest BCUT2D eigenvalue weighted by Crippen LogP contribution is -2.33. The second-order valence-corrected chi connectivity index (χ2v) is 6.53. The van der Waals surface area contributed by atoms with E-state index in [1.807, 2.05) is 0 Å². The Morgan fingerprint density at radius 2 is 1.88 bits per heavy atom. The molecular weight excluding hydrogens is 351 g/mol. The van der Waals surface area contributed by atoms with E-state index in [1.165, 1.54) is 37.1 Å². The number of nitrogens with zero attached hydrogens (tertiary/aromatic N) is 3. The lowest BCUT2D eigenvalue weighted by molar-refractivity contribution is -0.147. The van der Waals surface area contributed by atoms with Crippen LogP contribution in [0.25, 0.3) is 11.0 Å². The molecule has 0 fully saturated rings. The van der Waals surface area contributed by atoms with Crippen molar-refractivity contribution in [2.24, 2.45) is 5.92 Å². The first-order valence-electron chi connectivity index (χ1n) is 8.01. The summed E-state index contributed by atoms with van der Waals surface area (Å²) < 4.78 is 40.8. The van der Waals surface area contributed by atoms with Crippen LogP contribution in [0.5, 0.6) is 0 Å². The number of carbonyl (C=O) groups is 2. The zero-order chi connectivity index (χ0) is 19.8. The summed E-state index contributed by atoms with van der Waals surface area (Å²) in [5, 5.41) is 8.93. The van der Waals surface area contributed by atoms with Gasteiger partial charge in [0.15, 0.2) is 0 Å². The topological polar surface area (TPSA) is 75.4 Å². The second-order valence-electron chi connectivity index (χ2n) is 6.53. The predicted octanol–water partition coefficient (Wildman–Crippen LogP) is 3.43. The highest BCUT2D eigenvalue weighted by atomic mass is 19.4. The number of amides is 1. The van der Waals surface area contributed by atoms with Crippen LogP contribution in [0.3, 0.4) is 0 Å². The molecule has 0 aliphatic carbocycles. The van der Waals surface area contributed by atoms with Crippen molar-refractivity contribution >= 4 is 22.9 Å². The molecule has 0 radical (unpaired) electrons. The molecule has 1 atom stereocenters. The average molecular weight is 371 g/mol. The van der Waals surface area contributed by atoms with E-state index in [0.29, 0.717) is 0 Å². The van der Waals surface area contributed by atoms with Crippen LogP contribution >= 0.6 is 0 Å². The molecule has 1 aromatic heterocycles. The van der Waals surface area contributed by atoms with Gasteiger partial charge < -0.3 is 14.6 Å². The van der Waals surface area contributed by atoms with Crippen molar-refractivity contribution in [2.45, 2.75) is 33.0 Å². The number of carboxylic acid groups (broad SMARTS) is 1. The van der Waals surface area contributed by atoms with Crippen molar-refractivity contribution in [1.82, 2.24) is 14.5 Å². The fourth-order valence-electron chi connectivity index (χ4n) is 2.75. The van der Waals surface area contributed by atoms with E-state index in [-0.39, 0.29) is 23.1 Å². The summed E-state index contributed by atoms with van der Waals surface area (Å²) in [4.78, 5) is 28.3. The first kappa shape index (κ1) is 19.7. The summed E-state index contributed by atoms with van der Waals surface area (Å²) in [6, 6.07) is 3.69. The maximum atomic E-state index is 13.2. The number of rotatable bonds is 5. The number of aliphatic carboxylic acids is 1. The molecule has 26 heavy (non-hydrogen) atoms. The maximum absolute atomic E-state index is 13.2. The molecule has 1 unspecified atom stereocenters. The van der Waals surface area contributed by atoms with Gasteiger partial charge in [-0.3, -0.25) is 9.59 Å². The monoisotopic (exact) mass is 371 g/mol.